The summed E-state index contributed by atoms with van der Waals surface area (Å²) < 4.78 is 30.7. The molecule has 0 spiro atoms. The highest BCUT2D eigenvalue weighted by molar-refractivity contribution is 5.18. The maximum atomic E-state index is 13.0. The van der Waals surface area contributed by atoms with Gasteiger partial charge in [-0.25, -0.2) is 8.78 Å². The number of hydrogen-bond acceptors (Lipinski definition) is 2. The molecule has 0 saturated heterocycles. The molecule has 0 amide bonds. The van der Waals surface area contributed by atoms with Gasteiger partial charge in [0.2, 0.25) is 0 Å². The lowest BCUT2D eigenvalue weighted by molar-refractivity contribution is 0.184. The lowest BCUT2D eigenvalue weighted by Crippen LogP contribution is -2.28. The molecule has 0 heterocycles. The van der Waals surface area contributed by atoms with Crippen molar-refractivity contribution in [2.45, 2.75) is 18.9 Å². The molecule has 1 atom stereocenters. The van der Waals surface area contributed by atoms with E-state index in [0.29, 0.717) is 13.0 Å². The standard InChI is InChI=1S/C12H17F2NO/c1-15-10(5-6-16-2)7-9-3-4-11(13)12(14)8-9/h3-4,8,10,15H,5-7H2,1-2H3. The van der Waals surface area contributed by atoms with Crippen LogP contribution in [0.25, 0.3) is 0 Å². The minimum atomic E-state index is -0.804. The summed E-state index contributed by atoms with van der Waals surface area (Å²) in [6, 6.07) is 4.22. The molecule has 1 aromatic rings. The zero-order valence-corrected chi connectivity index (χ0v) is 9.59. The van der Waals surface area contributed by atoms with Gasteiger partial charge in [-0.1, -0.05) is 6.07 Å². The Kier molecular flexibility index (Phi) is 5.35. The zero-order chi connectivity index (χ0) is 12.0. The Balaban J connectivity index is 2.59. The first-order chi connectivity index (χ1) is 7.67. The molecule has 4 heteroatoms. The summed E-state index contributed by atoms with van der Waals surface area (Å²) in [6.07, 6.45) is 1.50. The molecule has 16 heavy (non-hydrogen) atoms. The molecule has 0 aliphatic heterocycles. The van der Waals surface area contributed by atoms with Gasteiger partial charge in [-0.15, -0.1) is 0 Å². The Morgan fingerprint density at radius 2 is 2.06 bits per heavy atom. The monoisotopic (exact) mass is 229 g/mol. The summed E-state index contributed by atoms with van der Waals surface area (Å²) in [5.74, 6) is -1.60. The summed E-state index contributed by atoms with van der Waals surface area (Å²) in [5.41, 5.74) is 0.786. The Hall–Kier alpha value is -1.00. The highest BCUT2D eigenvalue weighted by Crippen LogP contribution is 2.11. The third-order valence-electron chi connectivity index (χ3n) is 2.54. The van der Waals surface area contributed by atoms with Gasteiger partial charge in [-0.3, -0.25) is 0 Å². The van der Waals surface area contributed by atoms with Crippen molar-refractivity contribution in [1.29, 1.82) is 0 Å². The summed E-state index contributed by atoms with van der Waals surface area (Å²) in [4.78, 5) is 0. The molecule has 0 aromatic heterocycles. The van der Waals surface area contributed by atoms with Crippen LogP contribution in [-0.4, -0.2) is 26.8 Å². The van der Waals surface area contributed by atoms with E-state index in [4.69, 9.17) is 4.74 Å². The van der Waals surface area contributed by atoms with Crippen LogP contribution in [0, 0.1) is 11.6 Å². The smallest absolute Gasteiger partial charge is 0.159 e. The van der Waals surface area contributed by atoms with Gasteiger partial charge in [0.1, 0.15) is 0 Å². The molecule has 90 valence electrons. The minimum Gasteiger partial charge on any atom is -0.385 e. The molecule has 1 unspecified atom stereocenters. The van der Waals surface area contributed by atoms with Crippen LogP contribution in [0.2, 0.25) is 0 Å². The average Bonchev–Trinajstić information content (AvgIpc) is 2.29. The molecule has 0 saturated carbocycles. The van der Waals surface area contributed by atoms with E-state index in [9.17, 15) is 8.78 Å². The second-order valence-corrected chi connectivity index (χ2v) is 3.72. The SMILES string of the molecule is CNC(CCOC)Cc1ccc(F)c(F)c1. The van der Waals surface area contributed by atoms with Crippen molar-refractivity contribution >= 4 is 0 Å². The summed E-state index contributed by atoms with van der Waals surface area (Å²) in [7, 11) is 3.49. The Labute approximate surface area is 94.6 Å². The fraction of sp³-hybridized carbons (Fsp3) is 0.500. The average molecular weight is 229 g/mol. The number of benzene rings is 1. The largest absolute Gasteiger partial charge is 0.385 e. The molecule has 0 aliphatic rings. The van der Waals surface area contributed by atoms with Crippen molar-refractivity contribution in [3.8, 4) is 0 Å². The second-order valence-electron chi connectivity index (χ2n) is 3.72. The molecule has 1 rings (SSSR count). The molecule has 1 aromatic carbocycles. The highest BCUT2D eigenvalue weighted by atomic mass is 19.2. The Bertz CT molecular complexity index is 331. The molecular weight excluding hydrogens is 212 g/mol. The molecular formula is C12H17F2NO. The van der Waals surface area contributed by atoms with Gasteiger partial charge < -0.3 is 10.1 Å². The first-order valence-corrected chi connectivity index (χ1v) is 5.27. The lowest BCUT2D eigenvalue weighted by atomic mass is 10.0. The van der Waals surface area contributed by atoms with Crippen LogP contribution in [0.4, 0.5) is 8.78 Å². The number of nitrogens with one attached hydrogen (secondary N) is 1. The van der Waals surface area contributed by atoms with Crippen molar-refractivity contribution in [2.75, 3.05) is 20.8 Å². The first kappa shape index (κ1) is 13.1. The van der Waals surface area contributed by atoms with Crippen molar-refractivity contribution in [3.63, 3.8) is 0 Å². The van der Waals surface area contributed by atoms with Gasteiger partial charge in [0.15, 0.2) is 11.6 Å². The van der Waals surface area contributed by atoms with E-state index in [2.05, 4.69) is 5.32 Å². The molecule has 1 N–H and O–H groups in total. The van der Waals surface area contributed by atoms with Crippen LogP contribution in [0.15, 0.2) is 18.2 Å². The van der Waals surface area contributed by atoms with Gasteiger partial charge in [0, 0.05) is 19.8 Å². The van der Waals surface area contributed by atoms with Gasteiger partial charge in [0.25, 0.3) is 0 Å². The van der Waals surface area contributed by atoms with E-state index < -0.39 is 11.6 Å². The number of likely N-dealkylation sites (N-methyl/N-ethyl adjacent to an activating group) is 1. The summed E-state index contributed by atoms with van der Waals surface area (Å²) in [6.45, 7) is 0.648. The van der Waals surface area contributed by atoms with E-state index in [-0.39, 0.29) is 6.04 Å². The van der Waals surface area contributed by atoms with E-state index in [1.165, 1.54) is 6.07 Å². The molecule has 0 aliphatic carbocycles. The fourth-order valence-corrected chi connectivity index (χ4v) is 1.56. The third kappa shape index (κ3) is 3.87. The highest BCUT2D eigenvalue weighted by Gasteiger charge is 2.09. The molecule has 0 fully saturated rings. The number of methoxy groups -OCH3 is 1. The number of rotatable bonds is 6. The van der Waals surface area contributed by atoms with Crippen molar-refractivity contribution in [2.24, 2.45) is 0 Å². The van der Waals surface area contributed by atoms with E-state index >= 15 is 0 Å². The van der Waals surface area contributed by atoms with Gasteiger partial charge in [-0.05, 0) is 37.6 Å². The van der Waals surface area contributed by atoms with Crippen LogP contribution >= 0.6 is 0 Å². The van der Waals surface area contributed by atoms with Crippen LogP contribution in [0.5, 0.6) is 0 Å². The fourth-order valence-electron chi connectivity index (χ4n) is 1.56. The topological polar surface area (TPSA) is 21.3 Å². The van der Waals surface area contributed by atoms with Gasteiger partial charge in [0.05, 0.1) is 0 Å². The van der Waals surface area contributed by atoms with Gasteiger partial charge in [-0.2, -0.15) is 0 Å². The van der Waals surface area contributed by atoms with Crippen LogP contribution in [-0.2, 0) is 11.2 Å². The Morgan fingerprint density at radius 3 is 2.62 bits per heavy atom. The normalized spacial score (nSPS) is 12.8. The van der Waals surface area contributed by atoms with E-state index in [0.717, 1.165) is 18.1 Å². The molecule has 2 nitrogen and oxygen atoms in total. The van der Waals surface area contributed by atoms with Crippen molar-refractivity contribution in [3.05, 3.63) is 35.4 Å². The van der Waals surface area contributed by atoms with Gasteiger partial charge >= 0.3 is 0 Å². The predicted octanol–water partition coefficient (Wildman–Crippen LogP) is 2.13. The maximum Gasteiger partial charge on any atom is 0.159 e. The first-order valence-electron chi connectivity index (χ1n) is 5.27. The minimum absolute atomic E-state index is 0.213. The lowest BCUT2D eigenvalue weighted by Gasteiger charge is -2.15. The second kappa shape index (κ2) is 6.55. The Morgan fingerprint density at radius 1 is 1.31 bits per heavy atom. The zero-order valence-electron chi connectivity index (χ0n) is 9.59. The van der Waals surface area contributed by atoms with Crippen LogP contribution in [0.1, 0.15) is 12.0 Å². The maximum absolute atomic E-state index is 13.0. The quantitative estimate of drug-likeness (QED) is 0.807. The molecule has 0 bridgehead atoms. The number of hydrogen-bond donors (Lipinski definition) is 1. The third-order valence-corrected chi connectivity index (χ3v) is 2.54. The van der Waals surface area contributed by atoms with Crippen LogP contribution in [0.3, 0.4) is 0 Å². The van der Waals surface area contributed by atoms with E-state index in [1.54, 1.807) is 13.2 Å². The van der Waals surface area contributed by atoms with Crippen molar-refractivity contribution in [1.82, 2.24) is 5.32 Å². The summed E-state index contributed by atoms with van der Waals surface area (Å²) >= 11 is 0. The van der Waals surface area contributed by atoms with Crippen molar-refractivity contribution < 1.29 is 13.5 Å². The predicted molar refractivity (Wildman–Crippen MR) is 59.4 cm³/mol. The number of halogens is 2. The van der Waals surface area contributed by atoms with Crippen LogP contribution < -0.4 is 5.32 Å². The van der Waals surface area contributed by atoms with E-state index in [1.807, 2.05) is 7.05 Å². The number of ether oxygens (including phenoxy) is 1. The summed E-state index contributed by atoms with van der Waals surface area (Å²) in [5, 5.41) is 3.12. The molecule has 0 radical (unpaired) electrons.